The van der Waals surface area contributed by atoms with Crippen LogP contribution < -0.4 is 0 Å². The molecular formula is C13H24ClNO3. The lowest BCUT2D eigenvalue weighted by Crippen LogP contribution is -2.43. The largest absolute Gasteiger partial charge is 0.383 e. The molecule has 1 amide bonds. The van der Waals surface area contributed by atoms with E-state index in [1.165, 1.54) is 0 Å². The van der Waals surface area contributed by atoms with E-state index in [1.807, 2.05) is 13.8 Å². The van der Waals surface area contributed by atoms with Crippen molar-refractivity contribution in [1.29, 1.82) is 0 Å². The molecule has 4 nitrogen and oxygen atoms in total. The molecule has 0 aromatic heterocycles. The lowest BCUT2D eigenvalue weighted by Gasteiger charge is -2.27. The molecule has 1 saturated heterocycles. The normalized spacial score (nSPS) is 31.6. The van der Waals surface area contributed by atoms with Gasteiger partial charge in [-0.3, -0.25) is 4.79 Å². The van der Waals surface area contributed by atoms with E-state index >= 15 is 0 Å². The summed E-state index contributed by atoms with van der Waals surface area (Å²) in [4.78, 5) is 14.3. The maximum atomic E-state index is 12.5. The van der Waals surface area contributed by atoms with Crippen molar-refractivity contribution >= 4 is 17.5 Å². The van der Waals surface area contributed by atoms with E-state index in [1.54, 1.807) is 12.0 Å². The second-order valence-corrected chi connectivity index (χ2v) is 5.32. The molecule has 0 aromatic rings. The molecule has 0 bridgehead atoms. The standard InChI is InChI=1S/C13H24ClNO3/c1-9-10(2)18-11(3)12(9)13(16)15(6-5-14)7-8-17-4/h9-12H,5-8H2,1-4H3. The molecule has 4 unspecified atom stereocenters. The van der Waals surface area contributed by atoms with Gasteiger partial charge in [0.05, 0.1) is 24.7 Å². The Morgan fingerprint density at radius 3 is 2.39 bits per heavy atom. The Hall–Kier alpha value is -0.320. The fraction of sp³-hybridized carbons (Fsp3) is 0.923. The average Bonchev–Trinajstić information content (AvgIpc) is 2.58. The zero-order valence-corrected chi connectivity index (χ0v) is 12.4. The first-order valence-corrected chi connectivity index (χ1v) is 7.05. The van der Waals surface area contributed by atoms with Gasteiger partial charge in [0.1, 0.15) is 0 Å². The van der Waals surface area contributed by atoms with Crippen LogP contribution in [0.4, 0.5) is 0 Å². The molecule has 1 fully saturated rings. The molecular weight excluding hydrogens is 254 g/mol. The number of carbonyl (C=O) groups is 1. The van der Waals surface area contributed by atoms with E-state index in [4.69, 9.17) is 21.1 Å². The van der Waals surface area contributed by atoms with E-state index < -0.39 is 0 Å². The molecule has 5 heteroatoms. The summed E-state index contributed by atoms with van der Waals surface area (Å²) in [5.41, 5.74) is 0. The Labute approximate surface area is 115 Å². The van der Waals surface area contributed by atoms with Crippen molar-refractivity contribution in [3.8, 4) is 0 Å². The van der Waals surface area contributed by atoms with Crippen molar-refractivity contribution < 1.29 is 14.3 Å². The van der Waals surface area contributed by atoms with Crippen molar-refractivity contribution in [2.75, 3.05) is 32.7 Å². The molecule has 1 rings (SSSR count). The SMILES string of the molecule is COCCN(CCCl)C(=O)C1C(C)OC(C)C1C. The molecule has 18 heavy (non-hydrogen) atoms. The number of methoxy groups -OCH3 is 1. The van der Waals surface area contributed by atoms with Crippen LogP contribution in [-0.2, 0) is 14.3 Å². The molecule has 0 aromatic carbocycles. The van der Waals surface area contributed by atoms with Gasteiger partial charge >= 0.3 is 0 Å². The van der Waals surface area contributed by atoms with Gasteiger partial charge in [0.15, 0.2) is 0 Å². The maximum Gasteiger partial charge on any atom is 0.228 e. The molecule has 0 radical (unpaired) electrons. The van der Waals surface area contributed by atoms with Crippen molar-refractivity contribution in [1.82, 2.24) is 4.90 Å². The van der Waals surface area contributed by atoms with E-state index in [9.17, 15) is 4.79 Å². The van der Waals surface area contributed by atoms with Crippen LogP contribution in [0.1, 0.15) is 20.8 Å². The van der Waals surface area contributed by atoms with Crippen LogP contribution in [-0.4, -0.2) is 55.7 Å². The number of hydrogen-bond donors (Lipinski definition) is 0. The number of amides is 1. The number of ether oxygens (including phenoxy) is 2. The highest BCUT2D eigenvalue weighted by Crippen LogP contribution is 2.33. The van der Waals surface area contributed by atoms with E-state index in [-0.39, 0.29) is 30.0 Å². The summed E-state index contributed by atoms with van der Waals surface area (Å²) >= 11 is 5.76. The Morgan fingerprint density at radius 2 is 1.94 bits per heavy atom. The van der Waals surface area contributed by atoms with Gasteiger partial charge in [0.2, 0.25) is 5.91 Å². The third-order valence-electron chi connectivity index (χ3n) is 3.76. The van der Waals surface area contributed by atoms with Crippen LogP contribution in [0.2, 0.25) is 0 Å². The van der Waals surface area contributed by atoms with Crippen LogP contribution in [0, 0.1) is 11.8 Å². The predicted molar refractivity (Wildman–Crippen MR) is 71.8 cm³/mol. The summed E-state index contributed by atoms with van der Waals surface area (Å²) in [6.07, 6.45) is 0.108. The first kappa shape index (κ1) is 15.7. The zero-order valence-electron chi connectivity index (χ0n) is 11.7. The van der Waals surface area contributed by atoms with Gasteiger partial charge in [-0.25, -0.2) is 0 Å². The Morgan fingerprint density at radius 1 is 1.28 bits per heavy atom. The summed E-state index contributed by atoms with van der Waals surface area (Å²) in [6, 6.07) is 0. The van der Waals surface area contributed by atoms with Crippen LogP contribution in [0.15, 0.2) is 0 Å². The van der Waals surface area contributed by atoms with Gasteiger partial charge in [-0.05, 0) is 19.8 Å². The van der Waals surface area contributed by atoms with Gasteiger partial charge in [-0.2, -0.15) is 0 Å². The second kappa shape index (κ2) is 7.31. The van der Waals surface area contributed by atoms with Crippen LogP contribution in [0.25, 0.3) is 0 Å². The first-order valence-electron chi connectivity index (χ1n) is 6.52. The molecule has 1 aliphatic heterocycles. The number of halogens is 1. The quantitative estimate of drug-likeness (QED) is 0.695. The molecule has 1 aliphatic rings. The Balaban J connectivity index is 2.69. The second-order valence-electron chi connectivity index (χ2n) is 4.94. The lowest BCUT2D eigenvalue weighted by atomic mass is 9.88. The highest BCUT2D eigenvalue weighted by molar-refractivity contribution is 6.18. The smallest absolute Gasteiger partial charge is 0.228 e. The molecule has 0 aliphatic carbocycles. The first-order chi connectivity index (χ1) is 8.52. The van der Waals surface area contributed by atoms with Gasteiger partial charge < -0.3 is 14.4 Å². The minimum Gasteiger partial charge on any atom is -0.383 e. The predicted octanol–water partition coefficient (Wildman–Crippen LogP) is 1.76. The number of alkyl halides is 1. The molecule has 1 heterocycles. The third-order valence-corrected chi connectivity index (χ3v) is 3.93. The van der Waals surface area contributed by atoms with E-state index in [2.05, 4.69) is 6.92 Å². The van der Waals surface area contributed by atoms with Crippen molar-refractivity contribution in [3.63, 3.8) is 0 Å². The minimum atomic E-state index is -0.0694. The highest BCUT2D eigenvalue weighted by atomic mass is 35.5. The summed E-state index contributed by atoms with van der Waals surface area (Å²) in [6.45, 7) is 7.76. The molecule has 0 N–H and O–H groups in total. The van der Waals surface area contributed by atoms with Gasteiger partial charge in [0, 0.05) is 26.1 Å². The van der Waals surface area contributed by atoms with Crippen molar-refractivity contribution in [3.05, 3.63) is 0 Å². The molecule has 4 atom stereocenters. The average molecular weight is 278 g/mol. The number of hydrogen-bond acceptors (Lipinski definition) is 3. The van der Waals surface area contributed by atoms with Crippen LogP contribution in [0.5, 0.6) is 0 Å². The van der Waals surface area contributed by atoms with Crippen LogP contribution >= 0.6 is 11.6 Å². The molecule has 0 saturated carbocycles. The summed E-state index contributed by atoms with van der Waals surface area (Å²) in [5, 5.41) is 0. The third kappa shape index (κ3) is 3.59. The van der Waals surface area contributed by atoms with Gasteiger partial charge in [-0.15, -0.1) is 11.6 Å². The van der Waals surface area contributed by atoms with E-state index in [0.29, 0.717) is 25.6 Å². The van der Waals surface area contributed by atoms with E-state index in [0.717, 1.165) is 0 Å². The number of rotatable bonds is 6. The van der Waals surface area contributed by atoms with Gasteiger partial charge in [-0.1, -0.05) is 6.92 Å². The van der Waals surface area contributed by atoms with Crippen molar-refractivity contribution in [2.45, 2.75) is 33.0 Å². The topological polar surface area (TPSA) is 38.8 Å². The van der Waals surface area contributed by atoms with Gasteiger partial charge in [0.25, 0.3) is 0 Å². The summed E-state index contributed by atoms with van der Waals surface area (Å²) < 4.78 is 10.8. The molecule has 0 spiro atoms. The Bertz CT molecular complexity index is 275. The fourth-order valence-corrected chi connectivity index (χ4v) is 2.74. The zero-order chi connectivity index (χ0) is 13.7. The minimum absolute atomic E-state index is 0.0251. The number of carbonyl (C=O) groups excluding carboxylic acids is 1. The number of nitrogens with zero attached hydrogens (tertiary/aromatic N) is 1. The lowest BCUT2D eigenvalue weighted by molar-refractivity contribution is -0.138. The molecule has 106 valence electrons. The summed E-state index contributed by atoms with van der Waals surface area (Å²) in [5.74, 6) is 0.756. The monoisotopic (exact) mass is 277 g/mol. The van der Waals surface area contributed by atoms with Crippen molar-refractivity contribution in [2.24, 2.45) is 11.8 Å². The summed E-state index contributed by atoms with van der Waals surface area (Å²) in [7, 11) is 1.63. The maximum absolute atomic E-state index is 12.5. The Kier molecular flexibility index (Phi) is 6.39. The highest BCUT2D eigenvalue weighted by Gasteiger charge is 2.43. The fourth-order valence-electron chi connectivity index (χ4n) is 2.54. The van der Waals surface area contributed by atoms with Crippen LogP contribution in [0.3, 0.4) is 0 Å².